The van der Waals surface area contributed by atoms with Gasteiger partial charge < -0.3 is 5.73 Å². The van der Waals surface area contributed by atoms with Crippen molar-refractivity contribution in [2.24, 2.45) is 11.7 Å². The fourth-order valence-electron chi connectivity index (χ4n) is 2.79. The topological polar surface area (TPSA) is 72.4 Å². The molecule has 2 N–H and O–H groups in total. The zero-order chi connectivity index (χ0) is 14.5. The maximum Gasteiger partial charge on any atom is 0.272 e. The van der Waals surface area contributed by atoms with Crippen molar-refractivity contribution in [2.75, 3.05) is 19.6 Å². The minimum Gasteiger partial charge on any atom is -0.330 e. The third-order valence-electron chi connectivity index (χ3n) is 3.82. The number of benzene rings is 1. The highest BCUT2D eigenvalue weighted by Gasteiger charge is 2.20. The van der Waals surface area contributed by atoms with Gasteiger partial charge in [0, 0.05) is 24.7 Å². The maximum atomic E-state index is 13.9. The Morgan fingerprint density at radius 2 is 2.24 bits per heavy atom. The zero-order valence-electron chi connectivity index (χ0n) is 11.8. The third kappa shape index (κ3) is 4.91. The Hall–Kier alpha value is -1.24. The molecular weight excluding hydrogens is 297 g/mol. The molecule has 1 aromatic carbocycles. The first kappa shape index (κ1) is 17.8. The molecule has 1 fully saturated rings. The van der Waals surface area contributed by atoms with Gasteiger partial charge in [-0.3, -0.25) is 15.0 Å². The van der Waals surface area contributed by atoms with Crippen LogP contribution in [0.1, 0.15) is 24.8 Å². The lowest BCUT2D eigenvalue weighted by atomic mass is 9.94. The smallest absolute Gasteiger partial charge is 0.272 e. The van der Waals surface area contributed by atoms with Crippen molar-refractivity contribution in [1.29, 1.82) is 0 Å². The number of piperidine rings is 1. The predicted molar refractivity (Wildman–Crippen MR) is 82.0 cm³/mol. The van der Waals surface area contributed by atoms with Gasteiger partial charge in [0.2, 0.25) is 0 Å². The lowest BCUT2D eigenvalue weighted by Crippen LogP contribution is -2.35. The number of nitrogens with two attached hydrogens (primary N) is 1. The molecule has 2 rings (SSSR count). The van der Waals surface area contributed by atoms with Crippen LogP contribution in [0.5, 0.6) is 0 Å². The van der Waals surface area contributed by atoms with E-state index < -0.39 is 10.7 Å². The molecule has 1 saturated heterocycles. The van der Waals surface area contributed by atoms with E-state index >= 15 is 0 Å². The number of hydrogen-bond donors (Lipinski definition) is 1. The van der Waals surface area contributed by atoms with Crippen molar-refractivity contribution < 1.29 is 9.31 Å². The molecular formula is C14H21ClFN3O2. The van der Waals surface area contributed by atoms with Crippen LogP contribution in [0.3, 0.4) is 0 Å². The van der Waals surface area contributed by atoms with E-state index in [1.807, 2.05) is 0 Å². The van der Waals surface area contributed by atoms with E-state index in [9.17, 15) is 14.5 Å². The van der Waals surface area contributed by atoms with E-state index in [4.69, 9.17) is 5.73 Å². The number of non-ortho nitro benzene ring substituents is 1. The van der Waals surface area contributed by atoms with E-state index in [2.05, 4.69) is 4.90 Å². The van der Waals surface area contributed by atoms with Crippen LogP contribution in [0.2, 0.25) is 0 Å². The van der Waals surface area contributed by atoms with Crippen molar-refractivity contribution >= 4 is 18.1 Å². The minimum absolute atomic E-state index is 0. The van der Waals surface area contributed by atoms with Crippen LogP contribution in [-0.2, 0) is 6.54 Å². The molecule has 1 unspecified atom stereocenters. The van der Waals surface area contributed by atoms with E-state index in [1.165, 1.54) is 18.6 Å². The average Bonchev–Trinajstić information content (AvgIpc) is 2.42. The number of hydrogen-bond acceptors (Lipinski definition) is 4. The molecule has 1 aliphatic rings. The van der Waals surface area contributed by atoms with Gasteiger partial charge in [0.15, 0.2) is 0 Å². The first-order valence-electron chi connectivity index (χ1n) is 6.95. The van der Waals surface area contributed by atoms with E-state index in [-0.39, 0.29) is 18.1 Å². The number of nitro benzene ring substituents is 1. The normalized spacial score (nSPS) is 19.0. The van der Waals surface area contributed by atoms with Crippen LogP contribution in [0.4, 0.5) is 10.1 Å². The van der Waals surface area contributed by atoms with Crippen LogP contribution >= 0.6 is 12.4 Å². The van der Waals surface area contributed by atoms with Crippen molar-refractivity contribution in [1.82, 2.24) is 4.90 Å². The first-order valence-corrected chi connectivity index (χ1v) is 6.95. The Kier molecular flexibility index (Phi) is 7.01. The van der Waals surface area contributed by atoms with Gasteiger partial charge in [-0.25, -0.2) is 4.39 Å². The zero-order valence-corrected chi connectivity index (χ0v) is 12.7. The number of nitrogens with zero attached hydrogens (tertiary/aromatic N) is 2. The monoisotopic (exact) mass is 317 g/mol. The first-order chi connectivity index (χ1) is 9.60. The Morgan fingerprint density at radius 1 is 1.48 bits per heavy atom. The molecule has 0 saturated carbocycles. The van der Waals surface area contributed by atoms with Gasteiger partial charge in [-0.2, -0.15) is 0 Å². The summed E-state index contributed by atoms with van der Waals surface area (Å²) in [6, 6.07) is 3.87. The summed E-state index contributed by atoms with van der Waals surface area (Å²) in [6.07, 6.45) is 3.27. The molecule has 7 heteroatoms. The molecule has 0 bridgehead atoms. The van der Waals surface area contributed by atoms with Gasteiger partial charge in [0.1, 0.15) is 5.82 Å². The van der Waals surface area contributed by atoms with Crippen molar-refractivity contribution in [2.45, 2.75) is 25.8 Å². The molecule has 0 aliphatic carbocycles. The number of rotatable bonds is 5. The summed E-state index contributed by atoms with van der Waals surface area (Å²) in [5, 5.41) is 10.6. The van der Waals surface area contributed by atoms with Crippen LogP contribution in [-0.4, -0.2) is 29.5 Å². The Labute approximate surface area is 129 Å². The Bertz CT molecular complexity index is 485. The Balaban J connectivity index is 0.00000220. The predicted octanol–water partition coefficient (Wildman–Crippen LogP) is 2.72. The number of halogens is 2. The largest absolute Gasteiger partial charge is 0.330 e. The molecule has 0 amide bonds. The van der Waals surface area contributed by atoms with Crippen LogP contribution in [0.15, 0.2) is 18.2 Å². The Morgan fingerprint density at radius 3 is 2.86 bits per heavy atom. The van der Waals surface area contributed by atoms with E-state index in [0.717, 1.165) is 32.0 Å². The molecule has 1 heterocycles. The second kappa shape index (κ2) is 8.26. The van der Waals surface area contributed by atoms with Crippen molar-refractivity contribution in [3.8, 4) is 0 Å². The summed E-state index contributed by atoms with van der Waals surface area (Å²) >= 11 is 0. The fourth-order valence-corrected chi connectivity index (χ4v) is 2.79. The van der Waals surface area contributed by atoms with Gasteiger partial charge in [-0.1, -0.05) is 0 Å². The summed E-state index contributed by atoms with van der Waals surface area (Å²) in [4.78, 5) is 12.2. The number of nitro groups is 1. The van der Waals surface area contributed by atoms with Gasteiger partial charge >= 0.3 is 0 Å². The van der Waals surface area contributed by atoms with E-state index in [1.54, 1.807) is 0 Å². The second-order valence-corrected chi connectivity index (χ2v) is 5.35. The SMILES string of the molecule is Cl.NCCC1CCCN(Cc2ccc([N+](=O)[O-])cc2F)C1. The fraction of sp³-hybridized carbons (Fsp3) is 0.571. The molecule has 1 aliphatic heterocycles. The van der Waals surface area contributed by atoms with Crippen LogP contribution in [0.25, 0.3) is 0 Å². The van der Waals surface area contributed by atoms with Gasteiger partial charge in [0.25, 0.3) is 5.69 Å². The third-order valence-corrected chi connectivity index (χ3v) is 3.82. The highest BCUT2D eigenvalue weighted by atomic mass is 35.5. The summed E-state index contributed by atoms with van der Waals surface area (Å²) < 4.78 is 13.9. The van der Waals surface area contributed by atoms with Crippen LogP contribution in [0, 0.1) is 21.8 Å². The summed E-state index contributed by atoms with van der Waals surface area (Å²) in [5.74, 6) is 0.0787. The quantitative estimate of drug-likeness (QED) is 0.669. The van der Waals surface area contributed by atoms with E-state index in [0.29, 0.717) is 24.6 Å². The second-order valence-electron chi connectivity index (χ2n) is 5.35. The summed E-state index contributed by atoms with van der Waals surface area (Å²) in [6.45, 7) is 3.06. The minimum atomic E-state index is -0.578. The lowest BCUT2D eigenvalue weighted by Gasteiger charge is -2.32. The molecule has 1 aromatic rings. The molecule has 0 radical (unpaired) electrons. The molecule has 0 aromatic heterocycles. The van der Waals surface area contributed by atoms with Crippen LogP contribution < -0.4 is 5.73 Å². The average molecular weight is 318 g/mol. The van der Waals surface area contributed by atoms with Gasteiger partial charge in [0.05, 0.1) is 11.0 Å². The molecule has 1 atom stereocenters. The maximum absolute atomic E-state index is 13.9. The van der Waals surface area contributed by atoms with Crippen molar-refractivity contribution in [3.05, 3.63) is 39.7 Å². The summed E-state index contributed by atoms with van der Waals surface area (Å²) in [7, 11) is 0. The van der Waals surface area contributed by atoms with Gasteiger partial charge in [-0.15, -0.1) is 12.4 Å². The highest BCUT2D eigenvalue weighted by molar-refractivity contribution is 5.85. The molecule has 118 valence electrons. The number of likely N-dealkylation sites (tertiary alicyclic amines) is 1. The molecule has 5 nitrogen and oxygen atoms in total. The van der Waals surface area contributed by atoms with Gasteiger partial charge in [-0.05, 0) is 44.3 Å². The highest BCUT2D eigenvalue weighted by Crippen LogP contribution is 2.23. The molecule has 0 spiro atoms. The summed E-state index contributed by atoms with van der Waals surface area (Å²) in [5.41, 5.74) is 5.90. The standard InChI is InChI=1S/C14H20FN3O2.ClH/c15-14-8-13(18(19)20)4-3-12(14)10-17-7-1-2-11(9-17)5-6-16;/h3-4,8,11H,1-2,5-7,9-10,16H2;1H. The lowest BCUT2D eigenvalue weighted by molar-refractivity contribution is -0.385. The van der Waals surface area contributed by atoms with Crippen molar-refractivity contribution in [3.63, 3.8) is 0 Å². The molecule has 21 heavy (non-hydrogen) atoms.